The third-order valence-electron chi connectivity index (χ3n) is 3.68. The van der Waals surface area contributed by atoms with E-state index in [9.17, 15) is 0 Å². The number of ether oxygens (including phenoxy) is 2. The summed E-state index contributed by atoms with van der Waals surface area (Å²) in [6, 6.07) is 8.24. The number of nitrogens with zero attached hydrogens (tertiary/aromatic N) is 2. The Balaban J connectivity index is 1.83. The molecule has 0 spiro atoms. The lowest BCUT2D eigenvalue weighted by atomic mass is 10.1. The van der Waals surface area contributed by atoms with Gasteiger partial charge in [0.15, 0.2) is 0 Å². The SMILES string of the molecule is COc1cc(CNC(C)CN2CCOCC2)ccc1C#N. The molecule has 5 heteroatoms. The fraction of sp³-hybridized carbons (Fsp3) is 0.562. The van der Waals surface area contributed by atoms with Crippen LogP contribution in [0.5, 0.6) is 5.75 Å². The van der Waals surface area contributed by atoms with Crippen molar-refractivity contribution < 1.29 is 9.47 Å². The van der Waals surface area contributed by atoms with E-state index in [1.165, 1.54) is 0 Å². The summed E-state index contributed by atoms with van der Waals surface area (Å²) in [5, 5.41) is 12.5. The maximum Gasteiger partial charge on any atom is 0.136 e. The molecule has 1 saturated heterocycles. The molecule has 0 bridgehead atoms. The molecular formula is C16H23N3O2. The quantitative estimate of drug-likeness (QED) is 0.857. The number of hydrogen-bond acceptors (Lipinski definition) is 5. The van der Waals surface area contributed by atoms with E-state index in [0.717, 1.165) is 45.0 Å². The zero-order valence-electron chi connectivity index (χ0n) is 12.8. The van der Waals surface area contributed by atoms with Crippen LogP contribution in [0.25, 0.3) is 0 Å². The van der Waals surface area contributed by atoms with Crippen LogP contribution >= 0.6 is 0 Å². The third kappa shape index (κ3) is 4.71. The van der Waals surface area contributed by atoms with Gasteiger partial charge < -0.3 is 14.8 Å². The van der Waals surface area contributed by atoms with Crippen LogP contribution in [0.4, 0.5) is 0 Å². The van der Waals surface area contributed by atoms with Crippen LogP contribution in [0.3, 0.4) is 0 Å². The molecule has 1 unspecified atom stereocenters. The normalized spacial score (nSPS) is 17.2. The second-order valence-corrected chi connectivity index (χ2v) is 5.34. The Morgan fingerprint density at radius 3 is 2.86 bits per heavy atom. The van der Waals surface area contributed by atoms with Crippen LogP contribution in [-0.4, -0.2) is 50.9 Å². The van der Waals surface area contributed by atoms with E-state index in [1.54, 1.807) is 7.11 Å². The van der Waals surface area contributed by atoms with E-state index in [4.69, 9.17) is 14.7 Å². The molecule has 0 radical (unpaired) electrons. The minimum atomic E-state index is 0.407. The topological polar surface area (TPSA) is 57.5 Å². The molecule has 114 valence electrons. The van der Waals surface area contributed by atoms with Crippen molar-refractivity contribution in [3.63, 3.8) is 0 Å². The number of nitriles is 1. The van der Waals surface area contributed by atoms with Gasteiger partial charge in [-0.15, -0.1) is 0 Å². The van der Waals surface area contributed by atoms with Crippen molar-refractivity contribution in [1.82, 2.24) is 10.2 Å². The predicted octanol–water partition coefficient (Wildman–Crippen LogP) is 1.38. The molecule has 1 aliphatic rings. The summed E-state index contributed by atoms with van der Waals surface area (Å²) in [5.74, 6) is 0.637. The molecule has 1 aliphatic heterocycles. The number of morpholine rings is 1. The van der Waals surface area contributed by atoms with Gasteiger partial charge in [0.2, 0.25) is 0 Å². The molecule has 1 fully saturated rings. The van der Waals surface area contributed by atoms with E-state index >= 15 is 0 Å². The first-order valence-electron chi connectivity index (χ1n) is 7.33. The fourth-order valence-electron chi connectivity index (χ4n) is 2.47. The zero-order valence-corrected chi connectivity index (χ0v) is 12.8. The molecule has 0 amide bonds. The molecule has 0 aliphatic carbocycles. The van der Waals surface area contributed by atoms with E-state index in [2.05, 4.69) is 23.2 Å². The Labute approximate surface area is 126 Å². The molecule has 1 atom stereocenters. The highest BCUT2D eigenvalue weighted by molar-refractivity contribution is 5.45. The van der Waals surface area contributed by atoms with Gasteiger partial charge in [0.25, 0.3) is 0 Å². The summed E-state index contributed by atoms with van der Waals surface area (Å²) in [6.07, 6.45) is 0. The van der Waals surface area contributed by atoms with Crippen molar-refractivity contribution in [2.45, 2.75) is 19.5 Å². The number of nitrogens with one attached hydrogen (secondary N) is 1. The van der Waals surface area contributed by atoms with E-state index in [0.29, 0.717) is 17.4 Å². The Morgan fingerprint density at radius 2 is 2.19 bits per heavy atom. The van der Waals surface area contributed by atoms with Gasteiger partial charge in [-0.05, 0) is 24.6 Å². The Bertz CT molecular complexity index is 493. The van der Waals surface area contributed by atoms with Crippen LogP contribution in [0.2, 0.25) is 0 Å². The van der Waals surface area contributed by atoms with E-state index < -0.39 is 0 Å². The van der Waals surface area contributed by atoms with Gasteiger partial charge in [0.1, 0.15) is 11.8 Å². The largest absolute Gasteiger partial charge is 0.495 e. The van der Waals surface area contributed by atoms with E-state index in [1.807, 2.05) is 18.2 Å². The van der Waals surface area contributed by atoms with Gasteiger partial charge in [-0.2, -0.15) is 5.26 Å². The number of rotatable bonds is 6. The highest BCUT2D eigenvalue weighted by Gasteiger charge is 2.13. The van der Waals surface area contributed by atoms with Gasteiger partial charge >= 0.3 is 0 Å². The summed E-state index contributed by atoms with van der Waals surface area (Å²) >= 11 is 0. The first-order chi connectivity index (χ1) is 10.2. The molecule has 0 aromatic heterocycles. The minimum Gasteiger partial charge on any atom is -0.495 e. The number of benzene rings is 1. The van der Waals surface area contributed by atoms with Crippen LogP contribution < -0.4 is 10.1 Å². The van der Waals surface area contributed by atoms with Crippen LogP contribution in [0.1, 0.15) is 18.1 Å². The molecule has 1 heterocycles. The second-order valence-electron chi connectivity index (χ2n) is 5.34. The van der Waals surface area contributed by atoms with Crippen molar-refractivity contribution in [3.05, 3.63) is 29.3 Å². The summed E-state index contributed by atoms with van der Waals surface area (Å²) in [5.41, 5.74) is 1.70. The van der Waals surface area contributed by atoms with Crippen molar-refractivity contribution in [3.8, 4) is 11.8 Å². The third-order valence-corrected chi connectivity index (χ3v) is 3.68. The van der Waals surface area contributed by atoms with Crippen LogP contribution in [-0.2, 0) is 11.3 Å². The molecular weight excluding hydrogens is 266 g/mol. The fourth-order valence-corrected chi connectivity index (χ4v) is 2.47. The second kappa shape index (κ2) is 7.99. The molecule has 1 N–H and O–H groups in total. The van der Waals surface area contributed by atoms with Gasteiger partial charge in [-0.3, -0.25) is 4.90 Å². The highest BCUT2D eigenvalue weighted by atomic mass is 16.5. The van der Waals surface area contributed by atoms with Crippen LogP contribution in [0, 0.1) is 11.3 Å². The van der Waals surface area contributed by atoms with Gasteiger partial charge in [-0.1, -0.05) is 6.07 Å². The molecule has 5 nitrogen and oxygen atoms in total. The monoisotopic (exact) mass is 289 g/mol. The number of methoxy groups -OCH3 is 1. The van der Waals surface area contributed by atoms with Crippen molar-refractivity contribution >= 4 is 0 Å². The average Bonchev–Trinajstić information content (AvgIpc) is 2.53. The Morgan fingerprint density at radius 1 is 1.43 bits per heavy atom. The summed E-state index contributed by atoms with van der Waals surface area (Å²) in [7, 11) is 1.59. The zero-order chi connectivity index (χ0) is 15.1. The lowest BCUT2D eigenvalue weighted by Crippen LogP contribution is -2.44. The van der Waals surface area contributed by atoms with Crippen LogP contribution in [0.15, 0.2) is 18.2 Å². The predicted molar refractivity (Wildman–Crippen MR) is 81.3 cm³/mol. The lowest BCUT2D eigenvalue weighted by molar-refractivity contribution is 0.0343. The standard InChI is InChI=1S/C16H23N3O2/c1-13(12-19-5-7-21-8-6-19)18-11-14-3-4-15(10-17)16(9-14)20-2/h3-4,9,13,18H,5-8,11-12H2,1-2H3. The molecule has 1 aromatic rings. The van der Waals surface area contributed by atoms with Gasteiger partial charge in [0.05, 0.1) is 25.9 Å². The molecule has 0 saturated carbocycles. The number of hydrogen-bond donors (Lipinski definition) is 1. The smallest absolute Gasteiger partial charge is 0.136 e. The maximum absolute atomic E-state index is 8.98. The van der Waals surface area contributed by atoms with E-state index in [-0.39, 0.29) is 0 Å². The van der Waals surface area contributed by atoms with Gasteiger partial charge in [-0.25, -0.2) is 0 Å². The lowest BCUT2D eigenvalue weighted by Gasteiger charge is -2.29. The summed E-state index contributed by atoms with van der Waals surface area (Å²) in [4.78, 5) is 2.42. The minimum absolute atomic E-state index is 0.407. The Kier molecular flexibility index (Phi) is 6.00. The summed E-state index contributed by atoms with van der Waals surface area (Å²) < 4.78 is 10.6. The first-order valence-corrected chi connectivity index (χ1v) is 7.33. The maximum atomic E-state index is 8.98. The first kappa shape index (κ1) is 15.8. The Hall–Kier alpha value is -1.61. The van der Waals surface area contributed by atoms with Crippen molar-refractivity contribution in [2.24, 2.45) is 0 Å². The summed E-state index contributed by atoms with van der Waals surface area (Å²) in [6.45, 7) is 7.67. The van der Waals surface area contributed by atoms with Crippen molar-refractivity contribution in [2.75, 3.05) is 40.0 Å². The van der Waals surface area contributed by atoms with Gasteiger partial charge in [0, 0.05) is 32.2 Å². The molecule has 2 rings (SSSR count). The molecule has 1 aromatic carbocycles. The highest BCUT2D eigenvalue weighted by Crippen LogP contribution is 2.19. The molecule has 21 heavy (non-hydrogen) atoms. The van der Waals surface area contributed by atoms with Crippen molar-refractivity contribution in [1.29, 1.82) is 5.26 Å². The average molecular weight is 289 g/mol.